The summed E-state index contributed by atoms with van der Waals surface area (Å²) in [6, 6.07) is 9.12. The number of aliphatic carboxylic acids is 1. The van der Waals surface area contributed by atoms with Gasteiger partial charge in [-0.15, -0.1) is 11.6 Å². The molecular formula is C12H13ClNO3-. The van der Waals surface area contributed by atoms with Gasteiger partial charge in [0.1, 0.15) is 5.88 Å². The van der Waals surface area contributed by atoms with Crippen LogP contribution in [0.4, 0.5) is 0 Å². The van der Waals surface area contributed by atoms with Crippen molar-refractivity contribution in [2.24, 2.45) is 0 Å². The van der Waals surface area contributed by atoms with Gasteiger partial charge in [-0.2, -0.15) is 0 Å². The molecule has 1 aromatic carbocycles. The van der Waals surface area contributed by atoms with Crippen molar-refractivity contribution >= 4 is 23.5 Å². The van der Waals surface area contributed by atoms with E-state index in [0.29, 0.717) is 0 Å². The van der Waals surface area contributed by atoms with Gasteiger partial charge in [0.15, 0.2) is 0 Å². The molecule has 0 aliphatic heterocycles. The second-order valence-electron chi connectivity index (χ2n) is 3.62. The van der Waals surface area contributed by atoms with Crippen LogP contribution in [-0.4, -0.2) is 24.3 Å². The third-order valence-electron chi connectivity index (χ3n) is 2.35. The number of carboxylic acids is 1. The van der Waals surface area contributed by atoms with E-state index in [0.717, 1.165) is 5.56 Å². The average Bonchev–Trinajstić information content (AvgIpc) is 2.34. The standard InChI is InChI=1S/C12H14ClNO3/c13-7-11(15)14-8-10(6-12(16)17)9-4-2-1-3-5-9/h1-5,10H,6-8H2,(H,14,15)(H,16,17)/p-1/t10-/m1/s1. The number of carbonyl (C=O) groups excluding carboxylic acids is 2. The second kappa shape index (κ2) is 6.91. The Morgan fingerprint density at radius 1 is 1.29 bits per heavy atom. The minimum absolute atomic E-state index is 0.132. The van der Waals surface area contributed by atoms with Gasteiger partial charge in [0.05, 0.1) is 0 Å². The van der Waals surface area contributed by atoms with E-state index in [1.807, 2.05) is 30.3 Å². The number of nitrogens with one attached hydrogen (secondary N) is 1. The van der Waals surface area contributed by atoms with Gasteiger partial charge in [-0.25, -0.2) is 0 Å². The lowest BCUT2D eigenvalue weighted by molar-refractivity contribution is -0.306. The third-order valence-corrected chi connectivity index (χ3v) is 2.59. The Morgan fingerprint density at radius 3 is 2.47 bits per heavy atom. The molecule has 0 saturated carbocycles. The maximum atomic E-state index is 11.0. The highest BCUT2D eigenvalue weighted by Gasteiger charge is 2.12. The molecule has 5 heteroatoms. The Labute approximate surface area is 105 Å². The molecule has 1 N–H and O–H groups in total. The van der Waals surface area contributed by atoms with E-state index in [-0.39, 0.29) is 30.7 Å². The maximum absolute atomic E-state index is 11.0. The zero-order chi connectivity index (χ0) is 12.7. The van der Waals surface area contributed by atoms with Gasteiger partial charge < -0.3 is 15.2 Å². The molecule has 4 nitrogen and oxygen atoms in total. The van der Waals surface area contributed by atoms with Crippen molar-refractivity contribution in [2.75, 3.05) is 12.4 Å². The van der Waals surface area contributed by atoms with Crippen molar-refractivity contribution in [3.63, 3.8) is 0 Å². The summed E-state index contributed by atoms with van der Waals surface area (Å²) in [5, 5.41) is 13.2. The number of rotatable bonds is 6. The summed E-state index contributed by atoms with van der Waals surface area (Å²) in [6.45, 7) is 0.240. The molecule has 1 amide bonds. The molecule has 0 aliphatic rings. The zero-order valence-electron chi connectivity index (χ0n) is 9.19. The Hall–Kier alpha value is -1.55. The van der Waals surface area contributed by atoms with Crippen molar-refractivity contribution < 1.29 is 14.7 Å². The SMILES string of the molecule is O=C([O-])C[C@H](CNC(=O)CCl)c1ccccc1. The van der Waals surface area contributed by atoms with Crippen LogP contribution in [0.15, 0.2) is 30.3 Å². The Morgan fingerprint density at radius 2 is 1.94 bits per heavy atom. The third kappa shape index (κ3) is 4.87. The Kier molecular flexibility index (Phi) is 5.49. The van der Waals surface area contributed by atoms with E-state index in [1.165, 1.54) is 0 Å². The Bertz CT molecular complexity index is 381. The van der Waals surface area contributed by atoms with Crippen LogP contribution in [0.1, 0.15) is 17.9 Å². The van der Waals surface area contributed by atoms with Crippen LogP contribution in [0.5, 0.6) is 0 Å². The fraction of sp³-hybridized carbons (Fsp3) is 0.333. The summed E-state index contributed by atoms with van der Waals surface area (Å²) in [6.07, 6.45) is -0.132. The number of carbonyl (C=O) groups is 2. The molecule has 0 saturated heterocycles. The quantitative estimate of drug-likeness (QED) is 0.741. The minimum atomic E-state index is -1.14. The van der Waals surface area contributed by atoms with E-state index >= 15 is 0 Å². The van der Waals surface area contributed by atoms with E-state index < -0.39 is 5.97 Å². The lowest BCUT2D eigenvalue weighted by Gasteiger charge is -2.18. The first-order valence-electron chi connectivity index (χ1n) is 5.21. The number of benzene rings is 1. The lowest BCUT2D eigenvalue weighted by atomic mass is 9.96. The first-order chi connectivity index (χ1) is 8.13. The molecule has 92 valence electrons. The van der Waals surface area contributed by atoms with Crippen LogP contribution in [0, 0.1) is 0 Å². The van der Waals surface area contributed by atoms with Gasteiger partial charge in [0.25, 0.3) is 0 Å². The molecule has 17 heavy (non-hydrogen) atoms. The highest BCUT2D eigenvalue weighted by molar-refractivity contribution is 6.27. The molecule has 0 fully saturated rings. The van der Waals surface area contributed by atoms with Crippen molar-refractivity contribution in [2.45, 2.75) is 12.3 Å². The summed E-state index contributed by atoms with van der Waals surface area (Å²) in [4.78, 5) is 21.7. The van der Waals surface area contributed by atoms with Gasteiger partial charge in [0, 0.05) is 18.4 Å². The molecule has 0 unspecified atom stereocenters. The molecule has 1 rings (SSSR count). The summed E-state index contributed by atoms with van der Waals surface area (Å²) in [7, 11) is 0. The monoisotopic (exact) mass is 254 g/mol. The largest absolute Gasteiger partial charge is 0.550 e. The molecule has 0 aromatic heterocycles. The second-order valence-corrected chi connectivity index (χ2v) is 3.89. The highest BCUT2D eigenvalue weighted by Crippen LogP contribution is 2.18. The van der Waals surface area contributed by atoms with Gasteiger partial charge in [-0.3, -0.25) is 4.79 Å². The van der Waals surface area contributed by atoms with Gasteiger partial charge in [-0.05, 0) is 12.0 Å². The van der Waals surface area contributed by atoms with Gasteiger partial charge in [-0.1, -0.05) is 30.3 Å². The molecule has 0 heterocycles. The Balaban J connectivity index is 2.67. The number of hydrogen-bond donors (Lipinski definition) is 1. The van der Waals surface area contributed by atoms with Crippen LogP contribution < -0.4 is 10.4 Å². The summed E-state index contributed by atoms with van der Waals surface area (Å²) < 4.78 is 0. The summed E-state index contributed by atoms with van der Waals surface area (Å²) in [5.41, 5.74) is 0.853. The maximum Gasteiger partial charge on any atom is 0.234 e. The molecule has 0 bridgehead atoms. The van der Waals surface area contributed by atoms with E-state index in [4.69, 9.17) is 11.6 Å². The molecular weight excluding hydrogens is 242 g/mol. The minimum Gasteiger partial charge on any atom is -0.550 e. The van der Waals surface area contributed by atoms with Gasteiger partial charge in [0.2, 0.25) is 5.91 Å². The van der Waals surface area contributed by atoms with Crippen LogP contribution >= 0.6 is 11.6 Å². The number of hydrogen-bond acceptors (Lipinski definition) is 3. The predicted molar refractivity (Wildman–Crippen MR) is 62.5 cm³/mol. The van der Waals surface area contributed by atoms with E-state index in [9.17, 15) is 14.7 Å². The summed E-state index contributed by atoms with van der Waals surface area (Å²) in [5.74, 6) is -1.88. The normalized spacial score (nSPS) is 11.8. The van der Waals surface area contributed by atoms with Crippen LogP contribution in [-0.2, 0) is 9.59 Å². The number of carboxylic acid groups (broad SMARTS) is 1. The van der Waals surface area contributed by atoms with Crippen molar-refractivity contribution in [3.05, 3.63) is 35.9 Å². The number of amides is 1. The van der Waals surface area contributed by atoms with Gasteiger partial charge >= 0.3 is 0 Å². The van der Waals surface area contributed by atoms with E-state index in [2.05, 4.69) is 5.32 Å². The van der Waals surface area contributed by atoms with E-state index in [1.54, 1.807) is 0 Å². The molecule has 0 aliphatic carbocycles. The lowest BCUT2D eigenvalue weighted by Crippen LogP contribution is -2.33. The average molecular weight is 255 g/mol. The fourth-order valence-corrected chi connectivity index (χ4v) is 1.61. The summed E-state index contributed by atoms with van der Waals surface area (Å²) >= 11 is 5.35. The predicted octanol–water partition coefficient (Wildman–Crippen LogP) is 0.265. The molecule has 0 spiro atoms. The van der Waals surface area contributed by atoms with Crippen molar-refractivity contribution in [1.82, 2.24) is 5.32 Å². The first kappa shape index (κ1) is 13.5. The zero-order valence-corrected chi connectivity index (χ0v) is 9.94. The van der Waals surface area contributed by atoms with Crippen LogP contribution in [0.25, 0.3) is 0 Å². The number of alkyl halides is 1. The van der Waals surface area contributed by atoms with Crippen LogP contribution in [0.3, 0.4) is 0 Å². The first-order valence-corrected chi connectivity index (χ1v) is 5.74. The number of halogens is 1. The molecule has 1 atom stereocenters. The highest BCUT2D eigenvalue weighted by atomic mass is 35.5. The smallest absolute Gasteiger partial charge is 0.234 e. The van der Waals surface area contributed by atoms with Crippen molar-refractivity contribution in [1.29, 1.82) is 0 Å². The van der Waals surface area contributed by atoms with Crippen LogP contribution in [0.2, 0.25) is 0 Å². The van der Waals surface area contributed by atoms with Crippen molar-refractivity contribution in [3.8, 4) is 0 Å². The fourth-order valence-electron chi connectivity index (χ4n) is 1.52. The molecule has 0 radical (unpaired) electrons. The molecule has 1 aromatic rings. The topological polar surface area (TPSA) is 69.2 Å².